The van der Waals surface area contributed by atoms with Gasteiger partial charge in [-0.3, -0.25) is 0 Å². The third-order valence-corrected chi connectivity index (χ3v) is 5.20. The zero-order chi connectivity index (χ0) is 19.1. The number of rotatable bonds is 7. The molecule has 3 aromatic carbocycles. The summed E-state index contributed by atoms with van der Waals surface area (Å²) in [5.41, 5.74) is 6.74. The Morgan fingerprint density at radius 3 is 2.41 bits per heavy atom. The van der Waals surface area contributed by atoms with Gasteiger partial charge in [-0.25, -0.2) is 0 Å². The number of hydrogen-bond acceptors (Lipinski definition) is 3. The first-order chi connectivity index (χ1) is 13.2. The highest BCUT2D eigenvalue weighted by molar-refractivity contribution is 7.99. The second kappa shape index (κ2) is 9.63. The molecule has 4 heteroatoms. The maximum absolute atomic E-state index is 5.98. The van der Waals surface area contributed by atoms with Crippen molar-refractivity contribution in [2.24, 2.45) is 5.16 Å². The van der Waals surface area contributed by atoms with Gasteiger partial charge in [-0.1, -0.05) is 77.4 Å². The fourth-order valence-electron chi connectivity index (χ4n) is 2.89. The summed E-state index contributed by atoms with van der Waals surface area (Å²) in [7, 11) is 0. The monoisotopic (exact) mass is 395 g/mol. The second-order valence-corrected chi connectivity index (χ2v) is 7.51. The molecule has 0 aromatic heterocycles. The van der Waals surface area contributed by atoms with Crippen LogP contribution in [0.25, 0.3) is 11.1 Å². The molecule has 3 aromatic rings. The SMILES string of the molecule is CSC/C(=N\OCc1cccc(-c2ccccc2)c1C)c1ccc(Cl)cc1. The normalized spacial score (nSPS) is 11.4. The largest absolute Gasteiger partial charge is 0.391 e. The van der Waals surface area contributed by atoms with E-state index in [0.29, 0.717) is 6.61 Å². The molecule has 0 fully saturated rings. The van der Waals surface area contributed by atoms with Gasteiger partial charge in [-0.05, 0) is 47.6 Å². The standard InChI is InChI=1S/C23H22ClNOS/c1-17-20(9-6-10-22(17)18-7-4-3-5-8-18)15-26-25-23(16-27-2)19-11-13-21(24)14-12-19/h3-14H,15-16H2,1-2H3/b25-23+. The number of oxime groups is 1. The Morgan fingerprint density at radius 1 is 0.963 bits per heavy atom. The Kier molecular flexibility index (Phi) is 6.97. The van der Waals surface area contributed by atoms with Gasteiger partial charge >= 0.3 is 0 Å². The fourth-order valence-corrected chi connectivity index (χ4v) is 3.51. The van der Waals surface area contributed by atoms with E-state index in [2.05, 4.69) is 60.8 Å². The van der Waals surface area contributed by atoms with Crippen molar-refractivity contribution in [2.75, 3.05) is 12.0 Å². The lowest BCUT2D eigenvalue weighted by atomic mass is 9.97. The van der Waals surface area contributed by atoms with E-state index in [1.807, 2.05) is 30.3 Å². The highest BCUT2D eigenvalue weighted by Gasteiger charge is 2.08. The van der Waals surface area contributed by atoms with E-state index < -0.39 is 0 Å². The molecule has 0 heterocycles. The minimum atomic E-state index is 0.442. The van der Waals surface area contributed by atoms with E-state index in [4.69, 9.17) is 16.4 Å². The van der Waals surface area contributed by atoms with Crippen molar-refractivity contribution >= 4 is 29.1 Å². The van der Waals surface area contributed by atoms with E-state index >= 15 is 0 Å². The summed E-state index contributed by atoms with van der Waals surface area (Å²) in [6.45, 7) is 2.57. The number of hydrogen-bond donors (Lipinski definition) is 0. The van der Waals surface area contributed by atoms with Gasteiger partial charge in [0.1, 0.15) is 6.61 Å². The van der Waals surface area contributed by atoms with Crippen molar-refractivity contribution in [3.05, 3.63) is 94.5 Å². The van der Waals surface area contributed by atoms with E-state index in [-0.39, 0.29) is 0 Å². The van der Waals surface area contributed by atoms with Crippen LogP contribution in [0.15, 0.2) is 78.0 Å². The minimum Gasteiger partial charge on any atom is -0.391 e. The van der Waals surface area contributed by atoms with E-state index in [1.165, 1.54) is 16.7 Å². The zero-order valence-electron chi connectivity index (χ0n) is 15.5. The van der Waals surface area contributed by atoms with E-state index in [1.54, 1.807) is 11.8 Å². The first-order valence-electron chi connectivity index (χ1n) is 8.76. The third-order valence-electron chi connectivity index (χ3n) is 4.38. The molecule has 2 nitrogen and oxygen atoms in total. The van der Waals surface area contributed by atoms with Crippen LogP contribution in [0.4, 0.5) is 0 Å². The minimum absolute atomic E-state index is 0.442. The Morgan fingerprint density at radius 2 is 1.70 bits per heavy atom. The highest BCUT2D eigenvalue weighted by Crippen LogP contribution is 2.26. The van der Waals surface area contributed by atoms with Gasteiger partial charge in [-0.15, -0.1) is 0 Å². The van der Waals surface area contributed by atoms with Crippen molar-refractivity contribution in [1.29, 1.82) is 0 Å². The number of nitrogens with zero attached hydrogens (tertiary/aromatic N) is 1. The van der Waals surface area contributed by atoms with Crippen molar-refractivity contribution in [3.63, 3.8) is 0 Å². The van der Waals surface area contributed by atoms with Crippen LogP contribution in [0.2, 0.25) is 5.02 Å². The summed E-state index contributed by atoms with van der Waals surface area (Å²) in [6.07, 6.45) is 2.05. The molecule has 27 heavy (non-hydrogen) atoms. The van der Waals surface area contributed by atoms with Crippen LogP contribution in [0, 0.1) is 6.92 Å². The average molecular weight is 396 g/mol. The lowest BCUT2D eigenvalue weighted by Crippen LogP contribution is -2.05. The molecule has 0 N–H and O–H groups in total. The molecule has 0 aliphatic rings. The van der Waals surface area contributed by atoms with Crippen LogP contribution >= 0.6 is 23.4 Å². The fraction of sp³-hybridized carbons (Fsp3) is 0.174. The van der Waals surface area contributed by atoms with Crippen molar-refractivity contribution in [3.8, 4) is 11.1 Å². The number of benzene rings is 3. The van der Waals surface area contributed by atoms with Crippen LogP contribution in [-0.4, -0.2) is 17.7 Å². The van der Waals surface area contributed by atoms with Crippen LogP contribution < -0.4 is 0 Å². The van der Waals surface area contributed by atoms with Crippen molar-refractivity contribution in [2.45, 2.75) is 13.5 Å². The van der Waals surface area contributed by atoms with Crippen LogP contribution in [0.5, 0.6) is 0 Å². The molecule has 0 saturated carbocycles. The molecule has 0 aliphatic heterocycles. The van der Waals surface area contributed by atoms with Crippen LogP contribution in [0.3, 0.4) is 0 Å². The Bertz CT molecular complexity index is 907. The van der Waals surface area contributed by atoms with E-state index in [0.717, 1.165) is 27.6 Å². The molecule has 0 bridgehead atoms. The third kappa shape index (κ3) is 5.15. The van der Waals surface area contributed by atoms with Crippen LogP contribution in [0.1, 0.15) is 16.7 Å². The summed E-state index contributed by atoms with van der Waals surface area (Å²) >= 11 is 7.70. The lowest BCUT2D eigenvalue weighted by molar-refractivity contribution is 0.130. The molecular formula is C23H22ClNOS. The average Bonchev–Trinajstić information content (AvgIpc) is 2.70. The first-order valence-corrected chi connectivity index (χ1v) is 10.5. The molecule has 0 atom stereocenters. The maximum Gasteiger partial charge on any atom is 0.142 e. The summed E-state index contributed by atoms with van der Waals surface area (Å²) in [5, 5.41) is 5.12. The zero-order valence-corrected chi connectivity index (χ0v) is 17.1. The van der Waals surface area contributed by atoms with Gasteiger partial charge in [0.2, 0.25) is 0 Å². The predicted molar refractivity (Wildman–Crippen MR) is 118 cm³/mol. The molecular weight excluding hydrogens is 374 g/mol. The van der Waals surface area contributed by atoms with Gasteiger partial charge in [0.25, 0.3) is 0 Å². The molecule has 0 unspecified atom stereocenters. The van der Waals surface area contributed by atoms with Crippen LogP contribution in [-0.2, 0) is 11.4 Å². The maximum atomic E-state index is 5.98. The number of halogens is 1. The van der Waals surface area contributed by atoms with Crippen molar-refractivity contribution < 1.29 is 4.84 Å². The Hall–Kier alpha value is -2.23. The van der Waals surface area contributed by atoms with Gasteiger partial charge in [-0.2, -0.15) is 11.8 Å². The van der Waals surface area contributed by atoms with Gasteiger partial charge in [0.05, 0.1) is 5.71 Å². The molecule has 0 saturated heterocycles. The molecule has 0 radical (unpaired) electrons. The molecule has 0 amide bonds. The Labute approximate surface area is 170 Å². The quantitative estimate of drug-likeness (QED) is 0.332. The molecule has 0 aliphatic carbocycles. The number of thioether (sulfide) groups is 1. The van der Waals surface area contributed by atoms with Gasteiger partial charge < -0.3 is 4.84 Å². The van der Waals surface area contributed by atoms with Gasteiger partial charge in [0, 0.05) is 16.3 Å². The second-order valence-electron chi connectivity index (χ2n) is 6.21. The van der Waals surface area contributed by atoms with Gasteiger partial charge in [0.15, 0.2) is 0 Å². The molecule has 138 valence electrons. The molecule has 0 spiro atoms. The van der Waals surface area contributed by atoms with Crippen molar-refractivity contribution in [1.82, 2.24) is 0 Å². The van der Waals surface area contributed by atoms with E-state index in [9.17, 15) is 0 Å². The first kappa shape index (κ1) is 19.5. The highest BCUT2D eigenvalue weighted by atomic mass is 35.5. The smallest absolute Gasteiger partial charge is 0.142 e. The summed E-state index contributed by atoms with van der Waals surface area (Å²) in [6, 6.07) is 24.4. The lowest BCUT2D eigenvalue weighted by Gasteiger charge is -2.11. The Balaban J connectivity index is 1.77. The topological polar surface area (TPSA) is 21.6 Å². The predicted octanol–water partition coefficient (Wildman–Crippen LogP) is 6.60. The summed E-state index contributed by atoms with van der Waals surface area (Å²) in [4.78, 5) is 5.73. The molecule has 3 rings (SSSR count). The summed E-state index contributed by atoms with van der Waals surface area (Å²) < 4.78 is 0. The summed E-state index contributed by atoms with van der Waals surface area (Å²) in [5.74, 6) is 0.782.